The molecule has 17 heavy (non-hydrogen) atoms. The smallest absolute Gasteiger partial charge is 0.136 e. The van der Waals surface area contributed by atoms with Gasteiger partial charge in [0.1, 0.15) is 12.1 Å². The van der Waals surface area contributed by atoms with Crippen molar-refractivity contribution in [3.63, 3.8) is 0 Å². The Kier molecular flexibility index (Phi) is 2.42. The van der Waals surface area contributed by atoms with Gasteiger partial charge in [-0.15, -0.1) is 0 Å². The Morgan fingerprint density at radius 3 is 2.82 bits per heavy atom. The molecule has 0 aromatic carbocycles. The van der Waals surface area contributed by atoms with E-state index in [1.54, 1.807) is 6.33 Å². The van der Waals surface area contributed by atoms with Crippen LogP contribution in [0, 0.1) is 6.92 Å². The summed E-state index contributed by atoms with van der Waals surface area (Å²) in [5.74, 6) is 0.859. The minimum atomic E-state index is 0.396. The van der Waals surface area contributed by atoms with Gasteiger partial charge in [0.2, 0.25) is 0 Å². The molecule has 4 nitrogen and oxygen atoms in total. The molecule has 2 heterocycles. The third-order valence-electron chi connectivity index (χ3n) is 3.64. The highest BCUT2D eigenvalue weighted by molar-refractivity contribution is 5.79. The van der Waals surface area contributed by atoms with E-state index in [1.807, 2.05) is 11.4 Å². The molecule has 2 aromatic heterocycles. The maximum absolute atomic E-state index is 11.3. The lowest BCUT2D eigenvalue weighted by molar-refractivity contribution is -0.120. The lowest BCUT2D eigenvalue weighted by Gasteiger charge is -2.20. The van der Waals surface area contributed by atoms with Gasteiger partial charge in [-0.1, -0.05) is 0 Å². The minimum Gasteiger partial charge on any atom is -0.300 e. The SMILES string of the molecule is Cc1ncnn2c(C3CCC(=O)CC3)ccc12. The van der Waals surface area contributed by atoms with E-state index in [1.165, 1.54) is 5.69 Å². The van der Waals surface area contributed by atoms with E-state index in [2.05, 4.69) is 22.2 Å². The van der Waals surface area contributed by atoms with Crippen molar-refractivity contribution in [1.29, 1.82) is 0 Å². The summed E-state index contributed by atoms with van der Waals surface area (Å²) < 4.78 is 1.97. The minimum absolute atomic E-state index is 0.396. The van der Waals surface area contributed by atoms with E-state index < -0.39 is 0 Å². The monoisotopic (exact) mass is 229 g/mol. The number of rotatable bonds is 1. The number of ketones is 1. The number of fused-ring (bicyclic) bond motifs is 1. The second kappa shape index (κ2) is 3.95. The van der Waals surface area contributed by atoms with Crippen LogP contribution in [0.2, 0.25) is 0 Å². The molecule has 88 valence electrons. The Balaban J connectivity index is 2.01. The van der Waals surface area contributed by atoms with Gasteiger partial charge in [0.25, 0.3) is 0 Å². The predicted molar refractivity (Wildman–Crippen MR) is 63.9 cm³/mol. The molecule has 0 amide bonds. The summed E-state index contributed by atoms with van der Waals surface area (Å²) in [4.78, 5) is 15.5. The topological polar surface area (TPSA) is 47.3 Å². The molecule has 0 atom stereocenters. The van der Waals surface area contributed by atoms with Gasteiger partial charge in [0.15, 0.2) is 0 Å². The molecular formula is C13H15N3O. The molecule has 0 spiro atoms. The first-order valence-electron chi connectivity index (χ1n) is 6.06. The largest absolute Gasteiger partial charge is 0.300 e. The van der Waals surface area contributed by atoms with Crippen molar-refractivity contribution in [3.8, 4) is 0 Å². The quantitative estimate of drug-likeness (QED) is 0.753. The van der Waals surface area contributed by atoms with E-state index in [0.717, 1.165) is 24.1 Å². The number of aromatic nitrogens is 3. The molecule has 0 aliphatic heterocycles. The third-order valence-corrected chi connectivity index (χ3v) is 3.64. The molecule has 1 saturated carbocycles. The van der Waals surface area contributed by atoms with Crippen LogP contribution in [0.15, 0.2) is 18.5 Å². The van der Waals surface area contributed by atoms with Gasteiger partial charge in [-0.05, 0) is 31.9 Å². The zero-order valence-corrected chi connectivity index (χ0v) is 9.89. The first-order chi connectivity index (χ1) is 8.25. The van der Waals surface area contributed by atoms with Gasteiger partial charge in [-0.3, -0.25) is 4.79 Å². The molecule has 0 bridgehead atoms. The van der Waals surface area contributed by atoms with Crippen LogP contribution < -0.4 is 0 Å². The molecule has 0 N–H and O–H groups in total. The highest BCUT2D eigenvalue weighted by atomic mass is 16.1. The Bertz CT molecular complexity index is 563. The molecule has 1 fully saturated rings. The Morgan fingerprint density at radius 1 is 1.29 bits per heavy atom. The maximum Gasteiger partial charge on any atom is 0.136 e. The maximum atomic E-state index is 11.3. The number of hydrogen-bond donors (Lipinski definition) is 0. The van der Waals surface area contributed by atoms with Gasteiger partial charge in [-0.2, -0.15) is 5.10 Å². The normalized spacial score (nSPS) is 17.8. The van der Waals surface area contributed by atoms with Crippen molar-refractivity contribution in [2.24, 2.45) is 0 Å². The summed E-state index contributed by atoms with van der Waals surface area (Å²) in [6.07, 6.45) is 4.92. The molecule has 1 aliphatic carbocycles. The summed E-state index contributed by atoms with van der Waals surface area (Å²) in [5.41, 5.74) is 3.29. The van der Waals surface area contributed by atoms with Crippen LogP contribution in [0.1, 0.15) is 43.0 Å². The summed E-state index contributed by atoms with van der Waals surface area (Å²) in [6.45, 7) is 1.99. The predicted octanol–water partition coefficient (Wildman–Crippen LogP) is 2.26. The number of nitrogens with zero attached hydrogens (tertiary/aromatic N) is 3. The van der Waals surface area contributed by atoms with Crippen molar-refractivity contribution in [2.45, 2.75) is 38.5 Å². The first kappa shape index (κ1) is 10.4. The number of aryl methyl sites for hydroxylation is 1. The summed E-state index contributed by atoms with van der Waals surface area (Å²) in [5, 5.41) is 4.32. The summed E-state index contributed by atoms with van der Waals surface area (Å²) >= 11 is 0. The van der Waals surface area contributed by atoms with Crippen LogP contribution in [-0.2, 0) is 4.79 Å². The number of carbonyl (C=O) groups excluding carboxylic acids is 1. The fourth-order valence-corrected chi connectivity index (χ4v) is 2.62. The zero-order valence-electron chi connectivity index (χ0n) is 9.89. The average molecular weight is 229 g/mol. The molecule has 0 unspecified atom stereocenters. The first-order valence-corrected chi connectivity index (χ1v) is 6.06. The average Bonchev–Trinajstić information content (AvgIpc) is 2.75. The second-order valence-electron chi connectivity index (χ2n) is 4.71. The summed E-state index contributed by atoms with van der Waals surface area (Å²) in [6, 6.07) is 4.19. The Morgan fingerprint density at radius 2 is 2.06 bits per heavy atom. The molecular weight excluding hydrogens is 214 g/mol. The Labute approximate surface area is 99.7 Å². The van der Waals surface area contributed by atoms with Gasteiger partial charge >= 0.3 is 0 Å². The van der Waals surface area contributed by atoms with Gasteiger partial charge in [0, 0.05) is 24.5 Å². The molecule has 2 aromatic rings. The lowest BCUT2D eigenvalue weighted by atomic mass is 9.86. The van der Waals surface area contributed by atoms with E-state index >= 15 is 0 Å². The van der Waals surface area contributed by atoms with E-state index in [4.69, 9.17) is 0 Å². The fraction of sp³-hybridized carbons (Fsp3) is 0.462. The Hall–Kier alpha value is -1.71. The van der Waals surface area contributed by atoms with E-state index in [0.29, 0.717) is 24.5 Å². The van der Waals surface area contributed by atoms with Crippen molar-refractivity contribution in [3.05, 3.63) is 29.8 Å². The van der Waals surface area contributed by atoms with Gasteiger partial charge < -0.3 is 0 Å². The van der Waals surface area contributed by atoms with E-state index in [9.17, 15) is 4.79 Å². The van der Waals surface area contributed by atoms with Crippen molar-refractivity contribution in [2.75, 3.05) is 0 Å². The number of carbonyl (C=O) groups is 1. The number of hydrogen-bond acceptors (Lipinski definition) is 3. The van der Waals surface area contributed by atoms with Crippen LogP contribution in [0.25, 0.3) is 5.52 Å². The van der Waals surface area contributed by atoms with Crippen LogP contribution >= 0.6 is 0 Å². The number of Topliss-reactive ketones (excluding diaryl/α,β-unsaturated/α-hetero) is 1. The molecule has 0 saturated heterocycles. The lowest BCUT2D eigenvalue weighted by Crippen LogP contribution is -2.14. The van der Waals surface area contributed by atoms with Crippen molar-refractivity contribution >= 4 is 11.3 Å². The van der Waals surface area contributed by atoms with Gasteiger partial charge in [0.05, 0.1) is 11.2 Å². The standard InChI is InChI=1S/C13H15N3O/c1-9-12-6-7-13(16(12)15-8-14-9)10-2-4-11(17)5-3-10/h6-8,10H,2-5H2,1H3. The zero-order chi connectivity index (χ0) is 11.8. The summed E-state index contributed by atoms with van der Waals surface area (Å²) in [7, 11) is 0. The molecule has 0 radical (unpaired) electrons. The third kappa shape index (κ3) is 1.73. The van der Waals surface area contributed by atoms with Crippen molar-refractivity contribution < 1.29 is 4.79 Å². The fourth-order valence-electron chi connectivity index (χ4n) is 2.62. The second-order valence-corrected chi connectivity index (χ2v) is 4.71. The van der Waals surface area contributed by atoms with Crippen LogP contribution in [0.4, 0.5) is 0 Å². The van der Waals surface area contributed by atoms with E-state index in [-0.39, 0.29) is 0 Å². The highest BCUT2D eigenvalue weighted by Gasteiger charge is 2.22. The molecule has 4 heteroatoms. The van der Waals surface area contributed by atoms with Crippen LogP contribution in [0.5, 0.6) is 0 Å². The van der Waals surface area contributed by atoms with Crippen LogP contribution in [-0.4, -0.2) is 20.4 Å². The highest BCUT2D eigenvalue weighted by Crippen LogP contribution is 2.31. The van der Waals surface area contributed by atoms with Crippen molar-refractivity contribution in [1.82, 2.24) is 14.6 Å². The van der Waals surface area contributed by atoms with Crippen LogP contribution in [0.3, 0.4) is 0 Å². The molecule has 3 rings (SSSR count). The van der Waals surface area contributed by atoms with Gasteiger partial charge in [-0.25, -0.2) is 9.50 Å². The molecule has 1 aliphatic rings.